The molecular weight excluding hydrogens is 250 g/mol. The maximum Gasteiger partial charge on any atom is 0.269 e. The first kappa shape index (κ1) is 12.9. The minimum absolute atomic E-state index is 0.0450. The van der Waals surface area contributed by atoms with Crippen molar-refractivity contribution in [3.05, 3.63) is 57.0 Å². The van der Waals surface area contributed by atoms with Crippen molar-refractivity contribution in [1.29, 1.82) is 0 Å². The van der Waals surface area contributed by atoms with Crippen molar-refractivity contribution in [1.82, 2.24) is 9.78 Å². The predicted molar refractivity (Wildman–Crippen MR) is 80.3 cm³/mol. The number of benzene rings is 1. The van der Waals surface area contributed by atoms with Crippen LogP contribution < -0.4 is 10.9 Å². The van der Waals surface area contributed by atoms with Crippen LogP contribution in [0.2, 0.25) is 0 Å². The molecule has 0 fully saturated rings. The lowest BCUT2D eigenvalue weighted by molar-refractivity contribution is 0.608. The van der Waals surface area contributed by atoms with E-state index in [0.29, 0.717) is 6.54 Å². The highest BCUT2D eigenvalue weighted by Gasteiger charge is 2.12. The number of nitrogens with one attached hydrogen (secondary N) is 1. The van der Waals surface area contributed by atoms with Crippen LogP contribution in [0.1, 0.15) is 28.8 Å². The normalized spacial score (nSPS) is 13.7. The number of nitrogens with zero attached hydrogens (tertiary/aromatic N) is 2. The molecule has 1 aliphatic rings. The first-order chi connectivity index (χ1) is 9.63. The number of rotatable bonds is 2. The molecule has 0 saturated carbocycles. The second kappa shape index (κ2) is 5.12. The smallest absolute Gasteiger partial charge is 0.269 e. The zero-order valence-electron chi connectivity index (χ0n) is 11.9. The summed E-state index contributed by atoms with van der Waals surface area (Å²) in [5, 5.41) is 7.74. The predicted octanol–water partition coefficient (Wildman–Crippen LogP) is 2.27. The summed E-state index contributed by atoms with van der Waals surface area (Å²) in [5.41, 5.74) is 5.49. The quantitative estimate of drug-likeness (QED) is 0.909. The monoisotopic (exact) mass is 269 g/mol. The van der Waals surface area contributed by atoms with E-state index < -0.39 is 0 Å². The van der Waals surface area contributed by atoms with E-state index in [2.05, 4.69) is 42.5 Å². The lowest BCUT2D eigenvalue weighted by Crippen LogP contribution is -2.27. The van der Waals surface area contributed by atoms with Crippen LogP contribution in [0.3, 0.4) is 0 Å². The molecular formula is C16H19N3O. The Hall–Kier alpha value is -2.10. The van der Waals surface area contributed by atoms with Crippen molar-refractivity contribution in [3.63, 3.8) is 0 Å². The van der Waals surface area contributed by atoms with Crippen LogP contribution in [0.15, 0.2) is 29.1 Å². The fourth-order valence-electron chi connectivity index (χ4n) is 2.53. The molecule has 4 nitrogen and oxygen atoms in total. The van der Waals surface area contributed by atoms with Crippen molar-refractivity contribution in [2.45, 2.75) is 33.2 Å². The molecule has 0 amide bonds. The second-order valence-corrected chi connectivity index (χ2v) is 5.45. The fourth-order valence-corrected chi connectivity index (χ4v) is 2.53. The van der Waals surface area contributed by atoms with Gasteiger partial charge in [-0.2, -0.15) is 5.10 Å². The highest BCUT2D eigenvalue weighted by atomic mass is 16.1. The standard InChI is InChI=1S/C16H19N3O/c1-11-5-6-13(8-12(11)2)10-19-16(20)9-15-14(18-19)4-3-7-17-15/h5-6,8-9,17H,3-4,7,10H2,1-2H3. The molecule has 1 aromatic carbocycles. The molecule has 0 radical (unpaired) electrons. The van der Waals surface area contributed by atoms with Gasteiger partial charge in [0, 0.05) is 12.6 Å². The summed E-state index contributed by atoms with van der Waals surface area (Å²) in [6.07, 6.45) is 2.01. The van der Waals surface area contributed by atoms with Crippen molar-refractivity contribution in [3.8, 4) is 0 Å². The first-order valence-electron chi connectivity index (χ1n) is 7.04. The summed E-state index contributed by atoms with van der Waals surface area (Å²) in [7, 11) is 0. The Morgan fingerprint density at radius 2 is 2.10 bits per heavy atom. The molecule has 20 heavy (non-hydrogen) atoms. The molecule has 1 aromatic heterocycles. The lowest BCUT2D eigenvalue weighted by Gasteiger charge is -2.17. The molecule has 0 aliphatic carbocycles. The molecule has 2 aromatic rings. The van der Waals surface area contributed by atoms with Crippen LogP contribution in [-0.4, -0.2) is 16.3 Å². The van der Waals surface area contributed by atoms with E-state index in [1.165, 1.54) is 11.1 Å². The lowest BCUT2D eigenvalue weighted by atomic mass is 10.1. The Bertz CT molecular complexity index is 703. The van der Waals surface area contributed by atoms with E-state index in [1.807, 2.05) is 0 Å². The largest absolute Gasteiger partial charge is 0.383 e. The Labute approximate surface area is 118 Å². The molecule has 0 atom stereocenters. The molecule has 104 valence electrons. The van der Waals surface area contributed by atoms with Gasteiger partial charge in [0.1, 0.15) is 0 Å². The van der Waals surface area contributed by atoms with Gasteiger partial charge in [0.15, 0.2) is 0 Å². The van der Waals surface area contributed by atoms with E-state index in [0.717, 1.165) is 36.3 Å². The van der Waals surface area contributed by atoms with Crippen LogP contribution >= 0.6 is 0 Å². The molecule has 0 saturated heterocycles. The zero-order valence-corrected chi connectivity index (χ0v) is 11.9. The van der Waals surface area contributed by atoms with Gasteiger partial charge in [0.25, 0.3) is 5.56 Å². The van der Waals surface area contributed by atoms with Gasteiger partial charge in [-0.15, -0.1) is 0 Å². The van der Waals surface area contributed by atoms with Gasteiger partial charge in [0.05, 0.1) is 17.9 Å². The van der Waals surface area contributed by atoms with Gasteiger partial charge in [-0.3, -0.25) is 4.79 Å². The summed E-state index contributed by atoms with van der Waals surface area (Å²) < 4.78 is 1.57. The molecule has 1 N–H and O–H groups in total. The summed E-state index contributed by atoms with van der Waals surface area (Å²) in [6, 6.07) is 7.95. The summed E-state index contributed by atoms with van der Waals surface area (Å²) in [6.45, 7) is 5.64. The summed E-state index contributed by atoms with van der Waals surface area (Å²) >= 11 is 0. The Kier molecular flexibility index (Phi) is 3.30. The van der Waals surface area contributed by atoms with E-state index in [9.17, 15) is 4.79 Å². The van der Waals surface area contributed by atoms with Gasteiger partial charge in [-0.05, 0) is 43.4 Å². The van der Waals surface area contributed by atoms with Gasteiger partial charge >= 0.3 is 0 Å². The van der Waals surface area contributed by atoms with E-state index in [1.54, 1.807) is 10.7 Å². The molecule has 0 unspecified atom stereocenters. The third-order valence-electron chi connectivity index (χ3n) is 3.88. The SMILES string of the molecule is Cc1ccc(Cn2nc3c(cc2=O)NCCC3)cc1C. The van der Waals surface area contributed by atoms with Crippen molar-refractivity contribution < 1.29 is 0 Å². The molecule has 0 spiro atoms. The van der Waals surface area contributed by atoms with Gasteiger partial charge < -0.3 is 5.32 Å². The minimum Gasteiger partial charge on any atom is -0.383 e. The first-order valence-corrected chi connectivity index (χ1v) is 7.04. The third-order valence-corrected chi connectivity index (χ3v) is 3.88. The number of hydrogen-bond acceptors (Lipinski definition) is 3. The number of aryl methyl sites for hydroxylation is 3. The number of aromatic nitrogens is 2. The third kappa shape index (κ3) is 2.46. The van der Waals surface area contributed by atoms with Crippen LogP contribution in [0, 0.1) is 13.8 Å². The number of anilines is 1. The second-order valence-electron chi connectivity index (χ2n) is 5.45. The Morgan fingerprint density at radius 1 is 1.25 bits per heavy atom. The maximum absolute atomic E-state index is 12.1. The van der Waals surface area contributed by atoms with E-state index in [-0.39, 0.29) is 5.56 Å². The topological polar surface area (TPSA) is 46.9 Å². The molecule has 2 heterocycles. The van der Waals surface area contributed by atoms with E-state index >= 15 is 0 Å². The average Bonchev–Trinajstić information content (AvgIpc) is 2.44. The van der Waals surface area contributed by atoms with Crippen LogP contribution in [0.5, 0.6) is 0 Å². The average molecular weight is 269 g/mol. The molecule has 1 aliphatic heterocycles. The van der Waals surface area contributed by atoms with Crippen molar-refractivity contribution in [2.75, 3.05) is 11.9 Å². The van der Waals surface area contributed by atoms with Gasteiger partial charge in [-0.1, -0.05) is 18.2 Å². The minimum atomic E-state index is -0.0450. The number of fused-ring (bicyclic) bond motifs is 1. The van der Waals surface area contributed by atoms with Crippen molar-refractivity contribution in [2.24, 2.45) is 0 Å². The summed E-state index contributed by atoms with van der Waals surface area (Å²) in [4.78, 5) is 12.1. The fraction of sp³-hybridized carbons (Fsp3) is 0.375. The Morgan fingerprint density at radius 3 is 2.90 bits per heavy atom. The van der Waals surface area contributed by atoms with Crippen LogP contribution in [-0.2, 0) is 13.0 Å². The van der Waals surface area contributed by atoms with Crippen molar-refractivity contribution >= 4 is 5.69 Å². The molecule has 4 heteroatoms. The maximum atomic E-state index is 12.1. The van der Waals surface area contributed by atoms with Crippen LogP contribution in [0.25, 0.3) is 0 Å². The summed E-state index contributed by atoms with van der Waals surface area (Å²) in [5.74, 6) is 0. The number of hydrogen-bond donors (Lipinski definition) is 1. The Balaban J connectivity index is 1.94. The highest BCUT2D eigenvalue weighted by Crippen LogP contribution is 2.17. The van der Waals surface area contributed by atoms with E-state index in [4.69, 9.17) is 0 Å². The van der Waals surface area contributed by atoms with Gasteiger partial charge in [0.2, 0.25) is 0 Å². The highest BCUT2D eigenvalue weighted by molar-refractivity contribution is 5.48. The molecule has 3 rings (SSSR count). The van der Waals surface area contributed by atoms with Crippen LogP contribution in [0.4, 0.5) is 5.69 Å². The van der Waals surface area contributed by atoms with Gasteiger partial charge in [-0.25, -0.2) is 4.68 Å². The molecule has 0 bridgehead atoms. The zero-order chi connectivity index (χ0) is 14.1.